The molecule has 46 heavy (non-hydrogen) atoms. The molecule has 0 spiro atoms. The minimum atomic E-state index is -1.26. The van der Waals surface area contributed by atoms with Gasteiger partial charge in [0.25, 0.3) is 0 Å². The van der Waals surface area contributed by atoms with E-state index >= 15 is 0 Å². The van der Waals surface area contributed by atoms with Gasteiger partial charge in [-0.2, -0.15) is 0 Å². The van der Waals surface area contributed by atoms with E-state index < -0.39 is 29.6 Å². The molecule has 10 nitrogen and oxygen atoms in total. The predicted octanol–water partition coefficient (Wildman–Crippen LogP) is 5.89. The number of ether oxygens (including phenoxy) is 1. The van der Waals surface area contributed by atoms with Gasteiger partial charge >= 0.3 is 32.4 Å². The number of carboxylic acids is 1. The molecule has 1 N–H and O–H groups in total. The van der Waals surface area contributed by atoms with Gasteiger partial charge in [-0.3, -0.25) is 29.1 Å². The Labute approximate surface area is 280 Å². The summed E-state index contributed by atoms with van der Waals surface area (Å²) in [7, 11) is 1.24. The Hall–Kier alpha value is -3.94. The third kappa shape index (κ3) is 5.14. The van der Waals surface area contributed by atoms with Crippen molar-refractivity contribution in [3.8, 4) is 0 Å². The molecule has 3 aromatic rings. The van der Waals surface area contributed by atoms with Crippen LogP contribution < -0.4 is 9.97 Å². The van der Waals surface area contributed by atoms with E-state index in [9.17, 15) is 24.3 Å². The Balaban J connectivity index is 0.00000417. The predicted molar refractivity (Wildman–Crippen MR) is 167 cm³/mol. The first-order valence-electron chi connectivity index (χ1n) is 15.4. The summed E-state index contributed by atoms with van der Waals surface area (Å²) in [6, 6.07) is 5.64. The van der Waals surface area contributed by atoms with Crippen LogP contribution in [0.1, 0.15) is 137 Å². The van der Waals surface area contributed by atoms with E-state index in [0.29, 0.717) is 61.3 Å². The average molecular weight is 715 g/mol. The molecular weight excluding hydrogens is 679 g/mol. The summed E-state index contributed by atoms with van der Waals surface area (Å²) in [5.41, 5.74) is 7.44. The van der Waals surface area contributed by atoms with E-state index in [4.69, 9.17) is 24.7 Å². The summed E-state index contributed by atoms with van der Waals surface area (Å²) in [4.78, 5) is 71.7. The van der Waals surface area contributed by atoms with Crippen LogP contribution in [0.3, 0.4) is 0 Å². The van der Waals surface area contributed by atoms with Crippen LogP contribution in [0.5, 0.6) is 0 Å². The van der Waals surface area contributed by atoms with E-state index in [1.54, 1.807) is 0 Å². The number of aromatic nitrogens is 4. The minimum Gasteiger partial charge on any atom is -0.657 e. The van der Waals surface area contributed by atoms with E-state index in [0.717, 1.165) is 17.8 Å². The van der Waals surface area contributed by atoms with Crippen LogP contribution in [-0.4, -0.2) is 45.7 Å². The molecule has 0 amide bonds. The number of carbonyl (C=O) groups excluding carboxylic acids is 3. The Morgan fingerprint density at radius 1 is 0.913 bits per heavy atom. The summed E-state index contributed by atoms with van der Waals surface area (Å²) in [5, 5.41) is 9.59. The van der Waals surface area contributed by atoms with Crippen LogP contribution in [-0.2, 0) is 34.7 Å². The van der Waals surface area contributed by atoms with E-state index in [1.165, 1.54) is 14.0 Å². The quantitative estimate of drug-likeness (QED) is 0.142. The molecule has 1 aliphatic carbocycles. The third-order valence-corrected chi connectivity index (χ3v) is 9.94. The van der Waals surface area contributed by atoms with Crippen molar-refractivity contribution in [1.82, 2.24) is 19.9 Å². The normalized spacial score (nSPS) is 21.6. The van der Waals surface area contributed by atoms with Crippen LogP contribution in [0.25, 0.3) is 22.1 Å². The third-order valence-electron chi connectivity index (χ3n) is 9.94. The van der Waals surface area contributed by atoms with E-state index in [2.05, 4.69) is 13.8 Å². The SMILES string of the molecule is CCC1c2cc3[n-]c4c(c3C)C(=O)[C@H](C(=O)OC)c4c3nc(cc4[n-]c(cc(n2)[C@@H]1C)c(C(C)=O)c4C)[C@@H](C)C3CCC(=O)O.[Pd+2]. The standard InChI is InChI=1S/C35H38N4O6.Pd/c1-8-19-14(2)21-13-26-28(18(6)40)16(4)23(37-26)11-22-15(3)20(9-10-27(41)42)32(38-22)30-31(35(44)45-7)34(43)29-17(5)24(39-33(29)30)12-25(19)36-21;/h11-15,19-20,31H,8-10H2,1-7H3,(H3,36,37,38,39,40,41,42,43);/q;+2/p-2/t14-,15+,19?,20?,31-;/m1./s1. The van der Waals surface area contributed by atoms with Crippen LogP contribution in [0.2, 0.25) is 0 Å². The van der Waals surface area contributed by atoms with Crippen molar-refractivity contribution in [2.45, 2.75) is 90.4 Å². The number of hydrogen-bond acceptors (Lipinski definition) is 7. The fourth-order valence-corrected chi connectivity index (χ4v) is 7.44. The monoisotopic (exact) mass is 714 g/mol. The molecular formula is C35H36N4O6Pd. The summed E-state index contributed by atoms with van der Waals surface area (Å²) < 4.78 is 5.11. The molecule has 3 aromatic heterocycles. The van der Waals surface area contributed by atoms with Gasteiger partial charge in [0.2, 0.25) is 0 Å². The number of nitrogens with zero attached hydrogens (tertiary/aromatic N) is 4. The molecule has 0 radical (unpaired) electrons. The van der Waals surface area contributed by atoms with Gasteiger partial charge in [0, 0.05) is 64.0 Å². The molecule has 0 aromatic carbocycles. The van der Waals surface area contributed by atoms with Crippen molar-refractivity contribution in [3.05, 3.63) is 68.8 Å². The molecule has 11 heteroatoms. The van der Waals surface area contributed by atoms with Gasteiger partial charge in [-0.25, -0.2) is 0 Å². The van der Waals surface area contributed by atoms with Crippen LogP contribution in [0, 0.1) is 13.8 Å². The first-order valence-corrected chi connectivity index (χ1v) is 15.4. The molecule has 3 aliphatic rings. The van der Waals surface area contributed by atoms with Gasteiger partial charge in [-0.1, -0.05) is 50.1 Å². The number of esters is 1. The van der Waals surface area contributed by atoms with Crippen molar-refractivity contribution >= 4 is 45.6 Å². The van der Waals surface area contributed by atoms with Crippen molar-refractivity contribution in [2.24, 2.45) is 0 Å². The summed E-state index contributed by atoms with van der Waals surface area (Å²) >= 11 is 0. The first-order chi connectivity index (χ1) is 21.4. The second-order valence-corrected chi connectivity index (χ2v) is 12.5. The second-order valence-electron chi connectivity index (χ2n) is 12.5. The molecule has 8 bridgehead atoms. The zero-order chi connectivity index (χ0) is 32.5. The number of aliphatic carboxylic acids is 1. The summed E-state index contributed by atoms with van der Waals surface area (Å²) in [5.74, 6) is -3.98. The second kappa shape index (κ2) is 12.3. The maximum atomic E-state index is 14.0. The minimum absolute atomic E-state index is 0. The van der Waals surface area contributed by atoms with E-state index in [-0.39, 0.29) is 56.8 Å². The van der Waals surface area contributed by atoms with Gasteiger partial charge < -0.3 is 19.8 Å². The van der Waals surface area contributed by atoms with Crippen LogP contribution in [0.4, 0.5) is 0 Å². The van der Waals surface area contributed by atoms with Gasteiger partial charge in [0.05, 0.1) is 7.11 Å². The fourth-order valence-electron chi connectivity index (χ4n) is 7.44. The Morgan fingerprint density at radius 2 is 1.52 bits per heavy atom. The molecule has 2 unspecified atom stereocenters. The van der Waals surface area contributed by atoms with Gasteiger partial charge in [-0.05, 0) is 39.2 Å². The maximum Gasteiger partial charge on any atom is 2.00 e. The number of methoxy groups -OCH3 is 1. The van der Waals surface area contributed by atoms with Gasteiger partial charge in [-0.15, -0.1) is 22.1 Å². The summed E-state index contributed by atoms with van der Waals surface area (Å²) in [6.45, 7) is 11.4. The number of fused-ring (bicyclic) bond motifs is 8. The zero-order valence-electron chi connectivity index (χ0n) is 26.8. The Bertz CT molecular complexity index is 1970. The van der Waals surface area contributed by atoms with Crippen molar-refractivity contribution in [3.63, 3.8) is 0 Å². The van der Waals surface area contributed by atoms with Crippen LogP contribution >= 0.6 is 0 Å². The average Bonchev–Trinajstić information content (AvgIpc) is 3.72. The largest absolute Gasteiger partial charge is 2.00 e. The van der Waals surface area contributed by atoms with Crippen LogP contribution in [0.15, 0.2) is 18.2 Å². The van der Waals surface area contributed by atoms with Gasteiger partial charge in [0.1, 0.15) is 5.92 Å². The molecule has 5 atom stereocenters. The van der Waals surface area contributed by atoms with Crippen molar-refractivity contribution in [2.75, 3.05) is 7.11 Å². The van der Waals surface area contributed by atoms with Gasteiger partial charge in [0.15, 0.2) is 11.6 Å². The zero-order valence-corrected chi connectivity index (χ0v) is 28.4. The molecule has 2 aliphatic heterocycles. The first kappa shape index (κ1) is 33.4. The van der Waals surface area contributed by atoms with Crippen molar-refractivity contribution in [1.29, 1.82) is 0 Å². The molecule has 0 fully saturated rings. The fraction of sp³-hybridized carbons (Fsp3) is 0.429. The number of Topliss-reactive ketones (excluding diaryl/α,β-unsaturated/α-hetero) is 2. The molecule has 0 saturated heterocycles. The number of carboxylic acid groups (broad SMARTS) is 1. The molecule has 242 valence electrons. The molecule has 0 saturated carbocycles. The number of rotatable bonds is 6. The number of ketones is 2. The Morgan fingerprint density at radius 3 is 2.15 bits per heavy atom. The number of hydrogen-bond donors (Lipinski definition) is 1. The smallest absolute Gasteiger partial charge is 0.657 e. The topological polar surface area (TPSA) is 152 Å². The summed E-state index contributed by atoms with van der Waals surface area (Å²) in [6.07, 6.45) is 0.933. The Kier molecular flexibility index (Phi) is 8.97. The number of carbonyl (C=O) groups is 4. The van der Waals surface area contributed by atoms with E-state index in [1.807, 2.05) is 39.0 Å². The molecule has 5 heterocycles. The molecule has 6 rings (SSSR count). The maximum absolute atomic E-state index is 14.0. The number of aryl methyl sites for hydroxylation is 2. The van der Waals surface area contributed by atoms with Crippen molar-refractivity contribution < 1.29 is 49.4 Å².